The van der Waals surface area contributed by atoms with Gasteiger partial charge in [-0.15, -0.1) is 11.3 Å². The number of aromatic nitrogens is 1. The molecular formula is C20H23N3O4S. The third-order valence-electron chi connectivity index (χ3n) is 5.02. The number of amides is 1. The summed E-state index contributed by atoms with van der Waals surface area (Å²) in [7, 11) is 0. The fourth-order valence-electron chi connectivity index (χ4n) is 3.36. The van der Waals surface area contributed by atoms with Crippen LogP contribution in [0.4, 0.5) is 5.00 Å². The van der Waals surface area contributed by atoms with Gasteiger partial charge in [0.1, 0.15) is 11.1 Å². The fraction of sp³-hybridized carbons (Fsp3) is 0.500. The van der Waals surface area contributed by atoms with Gasteiger partial charge in [-0.25, -0.2) is 4.79 Å². The van der Waals surface area contributed by atoms with Gasteiger partial charge < -0.3 is 14.6 Å². The fourth-order valence-corrected chi connectivity index (χ4v) is 4.65. The maximum atomic E-state index is 12.2. The van der Waals surface area contributed by atoms with Crippen molar-refractivity contribution in [3.8, 4) is 6.07 Å². The summed E-state index contributed by atoms with van der Waals surface area (Å²) >= 11 is 1.45. The van der Waals surface area contributed by atoms with Gasteiger partial charge in [0.2, 0.25) is 5.76 Å². The lowest BCUT2D eigenvalue weighted by Gasteiger charge is -2.33. The third-order valence-corrected chi connectivity index (χ3v) is 6.19. The van der Waals surface area contributed by atoms with Gasteiger partial charge in [0.05, 0.1) is 11.3 Å². The highest BCUT2D eigenvalue weighted by Crippen LogP contribution is 2.43. The lowest BCUT2D eigenvalue weighted by Crippen LogP contribution is -2.26. The van der Waals surface area contributed by atoms with Crippen molar-refractivity contribution in [2.24, 2.45) is 11.3 Å². The summed E-state index contributed by atoms with van der Waals surface area (Å²) in [5, 5.41) is 16.4. The van der Waals surface area contributed by atoms with Crippen LogP contribution < -0.4 is 5.32 Å². The Kier molecular flexibility index (Phi) is 5.57. The number of aryl methyl sites for hydroxylation is 1. The van der Waals surface area contributed by atoms with Crippen LogP contribution in [0.5, 0.6) is 0 Å². The van der Waals surface area contributed by atoms with Crippen LogP contribution >= 0.6 is 11.3 Å². The van der Waals surface area contributed by atoms with Gasteiger partial charge in [-0.05, 0) is 43.1 Å². The van der Waals surface area contributed by atoms with E-state index in [1.807, 2.05) is 0 Å². The van der Waals surface area contributed by atoms with Gasteiger partial charge in [0, 0.05) is 10.9 Å². The number of hydrogen-bond donors (Lipinski definition) is 1. The first-order valence-corrected chi connectivity index (χ1v) is 9.95. The molecule has 7 nitrogen and oxygen atoms in total. The average molecular weight is 401 g/mol. The van der Waals surface area contributed by atoms with Crippen LogP contribution in [-0.4, -0.2) is 23.6 Å². The molecular weight excluding hydrogens is 378 g/mol. The number of carbonyl (C=O) groups is 2. The van der Waals surface area contributed by atoms with E-state index in [2.05, 4.69) is 37.3 Å². The summed E-state index contributed by atoms with van der Waals surface area (Å²) in [6, 6.07) is 3.66. The van der Waals surface area contributed by atoms with Crippen LogP contribution in [-0.2, 0) is 22.4 Å². The molecule has 0 unspecified atom stereocenters. The number of esters is 1. The number of ether oxygens (including phenoxy) is 1. The van der Waals surface area contributed by atoms with Crippen molar-refractivity contribution in [2.75, 3.05) is 11.9 Å². The molecule has 2 aromatic heterocycles. The Morgan fingerprint density at radius 3 is 2.82 bits per heavy atom. The first-order valence-electron chi connectivity index (χ1n) is 9.14. The van der Waals surface area contributed by atoms with E-state index >= 15 is 0 Å². The molecule has 8 heteroatoms. The molecule has 1 aliphatic rings. The number of rotatable bonds is 4. The molecule has 1 amide bonds. The second-order valence-electron chi connectivity index (χ2n) is 8.08. The van der Waals surface area contributed by atoms with Crippen molar-refractivity contribution >= 4 is 28.2 Å². The van der Waals surface area contributed by atoms with Gasteiger partial charge in [0.25, 0.3) is 5.91 Å². The molecule has 0 aliphatic heterocycles. The normalized spacial score (nSPS) is 16.2. The zero-order valence-corrected chi connectivity index (χ0v) is 17.2. The summed E-state index contributed by atoms with van der Waals surface area (Å²) in [5.41, 5.74) is 2.31. The highest BCUT2D eigenvalue weighted by molar-refractivity contribution is 7.16. The standard InChI is InChI=1S/C20H23N3O4S/c1-11-7-15(27-23-11)19(25)26-10-17(24)22-18-14(9-21)13-6-5-12(20(2,3)4)8-16(13)28-18/h7,12H,5-6,8,10H2,1-4H3,(H,22,24)/t12-/m0/s1. The average Bonchev–Trinajstić information content (AvgIpc) is 3.21. The van der Waals surface area contributed by atoms with Crippen molar-refractivity contribution in [3.63, 3.8) is 0 Å². The minimum atomic E-state index is -0.755. The minimum absolute atomic E-state index is 0.0529. The minimum Gasteiger partial charge on any atom is -0.450 e. The zero-order valence-electron chi connectivity index (χ0n) is 16.4. The van der Waals surface area contributed by atoms with E-state index in [-0.39, 0.29) is 11.2 Å². The summed E-state index contributed by atoms with van der Waals surface area (Å²) in [6.45, 7) is 7.91. The number of hydrogen-bond acceptors (Lipinski definition) is 7. The zero-order chi connectivity index (χ0) is 20.5. The van der Waals surface area contributed by atoms with E-state index in [0.29, 0.717) is 22.2 Å². The highest BCUT2D eigenvalue weighted by Gasteiger charge is 2.32. The smallest absolute Gasteiger partial charge is 0.377 e. The van der Waals surface area contributed by atoms with Gasteiger partial charge in [0.15, 0.2) is 6.61 Å². The molecule has 3 rings (SSSR count). The predicted molar refractivity (Wildman–Crippen MR) is 104 cm³/mol. The quantitative estimate of drug-likeness (QED) is 0.780. The van der Waals surface area contributed by atoms with E-state index in [0.717, 1.165) is 29.7 Å². The lowest BCUT2D eigenvalue weighted by atomic mass is 9.72. The largest absolute Gasteiger partial charge is 0.450 e. The predicted octanol–water partition coefficient (Wildman–Crippen LogP) is 3.86. The van der Waals surface area contributed by atoms with E-state index in [4.69, 9.17) is 9.26 Å². The SMILES string of the molecule is Cc1cc(C(=O)OCC(=O)Nc2sc3c(c2C#N)CC[C@H](C(C)(C)C)C3)on1. The first kappa shape index (κ1) is 20.1. The first-order chi connectivity index (χ1) is 13.2. The van der Waals surface area contributed by atoms with Crippen LogP contribution in [0.1, 0.15) is 59.4 Å². The van der Waals surface area contributed by atoms with E-state index in [1.54, 1.807) is 6.92 Å². The number of nitrogens with one attached hydrogen (secondary N) is 1. The van der Waals surface area contributed by atoms with E-state index < -0.39 is 18.5 Å². The van der Waals surface area contributed by atoms with Crippen molar-refractivity contribution in [1.82, 2.24) is 5.16 Å². The lowest BCUT2D eigenvalue weighted by molar-refractivity contribution is -0.119. The molecule has 0 saturated heterocycles. The molecule has 1 N–H and O–H groups in total. The molecule has 0 aromatic carbocycles. The van der Waals surface area contributed by atoms with Crippen LogP contribution in [0.3, 0.4) is 0 Å². The molecule has 1 atom stereocenters. The monoisotopic (exact) mass is 401 g/mol. The number of fused-ring (bicyclic) bond motifs is 1. The van der Waals surface area contributed by atoms with E-state index in [9.17, 15) is 14.9 Å². The summed E-state index contributed by atoms with van der Waals surface area (Å²) in [6.07, 6.45) is 2.78. The van der Waals surface area contributed by atoms with Gasteiger partial charge in [-0.2, -0.15) is 5.26 Å². The summed E-state index contributed by atoms with van der Waals surface area (Å²) in [5.74, 6) is -0.760. The van der Waals surface area contributed by atoms with Crippen LogP contribution in [0, 0.1) is 29.6 Å². The molecule has 148 valence electrons. The van der Waals surface area contributed by atoms with Crippen LogP contribution in [0.25, 0.3) is 0 Å². The molecule has 0 saturated carbocycles. The number of carbonyl (C=O) groups excluding carboxylic acids is 2. The number of nitrogens with zero attached hydrogens (tertiary/aromatic N) is 2. The Morgan fingerprint density at radius 1 is 1.46 bits per heavy atom. The second kappa shape index (κ2) is 7.76. The van der Waals surface area contributed by atoms with Crippen LogP contribution in [0.2, 0.25) is 0 Å². The molecule has 0 fully saturated rings. The third kappa shape index (κ3) is 4.25. The van der Waals surface area contributed by atoms with Gasteiger partial charge in [-0.1, -0.05) is 25.9 Å². The van der Waals surface area contributed by atoms with Gasteiger partial charge >= 0.3 is 5.97 Å². The van der Waals surface area contributed by atoms with Crippen molar-refractivity contribution < 1.29 is 18.8 Å². The molecule has 28 heavy (non-hydrogen) atoms. The number of thiophene rings is 1. The molecule has 0 radical (unpaired) electrons. The Labute approximate surface area is 167 Å². The Bertz CT molecular complexity index is 946. The van der Waals surface area contributed by atoms with Gasteiger partial charge in [-0.3, -0.25) is 4.79 Å². The Morgan fingerprint density at radius 2 is 2.21 bits per heavy atom. The Balaban J connectivity index is 1.66. The molecule has 1 aliphatic carbocycles. The number of anilines is 1. The topological polar surface area (TPSA) is 105 Å². The van der Waals surface area contributed by atoms with Crippen LogP contribution in [0.15, 0.2) is 10.6 Å². The molecule has 2 aromatic rings. The Hall–Kier alpha value is -2.66. The molecule has 2 heterocycles. The van der Waals surface area contributed by atoms with Crippen molar-refractivity contribution in [1.29, 1.82) is 5.26 Å². The summed E-state index contributed by atoms with van der Waals surface area (Å²) in [4.78, 5) is 25.2. The summed E-state index contributed by atoms with van der Waals surface area (Å²) < 4.78 is 9.76. The van der Waals surface area contributed by atoms with E-state index in [1.165, 1.54) is 17.4 Å². The maximum Gasteiger partial charge on any atom is 0.377 e. The molecule has 0 bridgehead atoms. The second-order valence-corrected chi connectivity index (χ2v) is 9.19. The maximum absolute atomic E-state index is 12.2. The van der Waals surface area contributed by atoms with Crippen molar-refractivity contribution in [3.05, 3.63) is 33.5 Å². The molecule has 0 spiro atoms. The number of nitriles is 1. The highest BCUT2D eigenvalue weighted by atomic mass is 32.1. The van der Waals surface area contributed by atoms with Crippen molar-refractivity contribution in [2.45, 2.75) is 47.0 Å².